The summed E-state index contributed by atoms with van der Waals surface area (Å²) in [7, 11) is 0. The zero-order chi connectivity index (χ0) is 17.9. The second kappa shape index (κ2) is 6.87. The molecule has 0 saturated heterocycles. The fourth-order valence-corrected chi connectivity index (χ4v) is 2.95. The van der Waals surface area contributed by atoms with Crippen molar-refractivity contribution in [3.05, 3.63) is 88.9 Å². The Morgan fingerprint density at radius 1 is 1.00 bits per heavy atom. The lowest BCUT2D eigenvalue weighted by Gasteiger charge is -2.01. The summed E-state index contributed by atoms with van der Waals surface area (Å²) in [4.78, 5) is 0. The highest BCUT2D eigenvalue weighted by Crippen LogP contribution is 2.30. The summed E-state index contributed by atoms with van der Waals surface area (Å²) in [5.41, 5.74) is 4.05. The zero-order valence-electron chi connectivity index (χ0n) is 13.7. The Hall–Kier alpha value is -3.35. The van der Waals surface area contributed by atoms with E-state index in [0.717, 1.165) is 33.4 Å². The summed E-state index contributed by atoms with van der Waals surface area (Å²) in [5.74, 6) is 0.723. The first-order valence-corrected chi connectivity index (χ1v) is 8.45. The van der Waals surface area contributed by atoms with Gasteiger partial charge in [-0.1, -0.05) is 65.3 Å². The van der Waals surface area contributed by atoms with Crippen molar-refractivity contribution in [2.45, 2.75) is 0 Å². The predicted molar refractivity (Wildman–Crippen MR) is 104 cm³/mol. The van der Waals surface area contributed by atoms with E-state index >= 15 is 0 Å². The van der Waals surface area contributed by atoms with Crippen molar-refractivity contribution in [1.82, 2.24) is 5.16 Å². The van der Waals surface area contributed by atoms with Crippen LogP contribution in [0, 0.1) is 11.3 Å². The van der Waals surface area contributed by atoms with Crippen LogP contribution in [0.1, 0.15) is 11.1 Å². The Bertz CT molecular complexity index is 1140. The third kappa shape index (κ3) is 3.11. The molecule has 0 aliphatic carbocycles. The molecule has 0 bridgehead atoms. The van der Waals surface area contributed by atoms with E-state index in [4.69, 9.17) is 16.1 Å². The van der Waals surface area contributed by atoms with Crippen LogP contribution in [0.3, 0.4) is 0 Å². The number of rotatable bonds is 3. The van der Waals surface area contributed by atoms with Gasteiger partial charge in [-0.25, -0.2) is 0 Å². The van der Waals surface area contributed by atoms with Crippen LogP contribution in [-0.2, 0) is 0 Å². The molecule has 124 valence electrons. The molecule has 3 nitrogen and oxygen atoms in total. The first-order chi connectivity index (χ1) is 12.7. The molecule has 1 heterocycles. The number of halogens is 1. The summed E-state index contributed by atoms with van der Waals surface area (Å²) in [6.07, 6.45) is 1.85. The molecule has 0 aliphatic rings. The second-order valence-electron chi connectivity index (χ2n) is 5.83. The van der Waals surface area contributed by atoms with E-state index in [1.165, 1.54) is 0 Å². The van der Waals surface area contributed by atoms with Gasteiger partial charge >= 0.3 is 0 Å². The van der Waals surface area contributed by atoms with Gasteiger partial charge in [-0.05, 0) is 41.5 Å². The molecule has 0 atom stereocenters. The Labute approximate surface area is 155 Å². The third-order valence-electron chi connectivity index (χ3n) is 4.12. The molecule has 0 fully saturated rings. The van der Waals surface area contributed by atoms with E-state index in [0.29, 0.717) is 10.6 Å². The van der Waals surface area contributed by atoms with Gasteiger partial charge in [0, 0.05) is 10.6 Å². The smallest absolute Gasteiger partial charge is 0.174 e. The maximum absolute atomic E-state index is 9.53. The Kier molecular flexibility index (Phi) is 4.27. The molecule has 0 unspecified atom stereocenters. The van der Waals surface area contributed by atoms with Gasteiger partial charge in [-0.15, -0.1) is 0 Å². The molecule has 0 aliphatic heterocycles. The molecule has 4 rings (SSSR count). The summed E-state index contributed by atoms with van der Waals surface area (Å²) in [6.45, 7) is 0. The van der Waals surface area contributed by atoms with Gasteiger partial charge in [-0.2, -0.15) is 5.26 Å². The highest BCUT2D eigenvalue weighted by atomic mass is 35.5. The molecule has 3 aromatic carbocycles. The summed E-state index contributed by atoms with van der Waals surface area (Å²) >= 11 is 5.93. The summed E-state index contributed by atoms with van der Waals surface area (Å²) in [6, 6.07) is 25.1. The highest BCUT2D eigenvalue weighted by molar-refractivity contribution is 6.30. The first-order valence-electron chi connectivity index (χ1n) is 8.07. The molecule has 4 heteroatoms. The molecular formula is C22H13ClN2O. The van der Waals surface area contributed by atoms with Gasteiger partial charge in [0.1, 0.15) is 5.52 Å². The van der Waals surface area contributed by atoms with Crippen molar-refractivity contribution in [2.75, 3.05) is 0 Å². The molecule has 0 spiro atoms. The third-order valence-corrected chi connectivity index (χ3v) is 4.38. The molecule has 0 radical (unpaired) electrons. The fraction of sp³-hybridized carbons (Fsp3) is 0. The maximum Gasteiger partial charge on any atom is 0.174 e. The highest BCUT2D eigenvalue weighted by Gasteiger charge is 2.11. The topological polar surface area (TPSA) is 49.8 Å². The van der Waals surface area contributed by atoms with Crippen molar-refractivity contribution < 1.29 is 4.52 Å². The molecule has 4 aromatic rings. The minimum atomic E-state index is 0.568. The van der Waals surface area contributed by atoms with Crippen molar-refractivity contribution in [3.63, 3.8) is 0 Å². The van der Waals surface area contributed by atoms with Gasteiger partial charge in [0.05, 0.1) is 17.0 Å². The number of hydrogen-bond donors (Lipinski definition) is 0. The standard InChI is InChI=1S/C22H13ClN2O/c23-19-9-7-16(8-10-19)18(14-24)12-15-6-11-21-20(13-15)22(26-25-21)17-4-2-1-3-5-17/h1-13H/b18-12+. The fourth-order valence-electron chi connectivity index (χ4n) is 2.82. The van der Waals surface area contributed by atoms with E-state index in [1.807, 2.05) is 66.7 Å². The van der Waals surface area contributed by atoms with Gasteiger partial charge in [0.25, 0.3) is 0 Å². The van der Waals surface area contributed by atoms with E-state index in [-0.39, 0.29) is 0 Å². The van der Waals surface area contributed by atoms with Crippen LogP contribution in [-0.4, -0.2) is 5.16 Å². The first kappa shape index (κ1) is 16.1. The number of aromatic nitrogens is 1. The van der Waals surface area contributed by atoms with E-state index in [2.05, 4.69) is 11.2 Å². The van der Waals surface area contributed by atoms with E-state index < -0.39 is 0 Å². The summed E-state index contributed by atoms with van der Waals surface area (Å²) in [5, 5.41) is 15.2. The van der Waals surface area contributed by atoms with Crippen LogP contribution in [0.15, 0.2) is 77.3 Å². The summed E-state index contributed by atoms with van der Waals surface area (Å²) < 4.78 is 5.53. The molecule has 26 heavy (non-hydrogen) atoms. The van der Waals surface area contributed by atoms with Crippen LogP contribution >= 0.6 is 11.6 Å². The average Bonchev–Trinajstić information content (AvgIpc) is 3.11. The van der Waals surface area contributed by atoms with Crippen LogP contribution in [0.4, 0.5) is 0 Å². The normalized spacial score (nSPS) is 11.5. The minimum absolute atomic E-state index is 0.568. The molecular weight excluding hydrogens is 344 g/mol. The monoisotopic (exact) mass is 356 g/mol. The SMILES string of the molecule is N#C/C(=C\c1ccc2noc(-c3ccccc3)c2c1)c1ccc(Cl)cc1. The zero-order valence-corrected chi connectivity index (χ0v) is 14.4. The lowest BCUT2D eigenvalue weighted by molar-refractivity contribution is 0.441. The molecule has 0 amide bonds. The van der Waals surface area contributed by atoms with E-state index in [9.17, 15) is 5.26 Å². The van der Waals surface area contributed by atoms with Crippen molar-refractivity contribution in [1.29, 1.82) is 5.26 Å². The lowest BCUT2D eigenvalue weighted by Crippen LogP contribution is -1.82. The van der Waals surface area contributed by atoms with Gasteiger partial charge in [-0.3, -0.25) is 0 Å². The Morgan fingerprint density at radius 3 is 2.50 bits per heavy atom. The van der Waals surface area contributed by atoms with Crippen LogP contribution in [0.25, 0.3) is 33.9 Å². The van der Waals surface area contributed by atoms with Gasteiger partial charge in [0.15, 0.2) is 5.76 Å². The lowest BCUT2D eigenvalue weighted by atomic mass is 10.0. The number of allylic oxidation sites excluding steroid dienone is 1. The Morgan fingerprint density at radius 2 is 1.77 bits per heavy atom. The predicted octanol–water partition coefficient (Wildman–Crippen LogP) is 6.21. The van der Waals surface area contributed by atoms with Crippen molar-refractivity contribution in [2.24, 2.45) is 0 Å². The molecule has 0 saturated carbocycles. The average molecular weight is 357 g/mol. The van der Waals surface area contributed by atoms with Crippen molar-refractivity contribution >= 4 is 34.2 Å². The van der Waals surface area contributed by atoms with Gasteiger partial charge < -0.3 is 4.52 Å². The molecule has 0 N–H and O–H groups in total. The van der Waals surface area contributed by atoms with Gasteiger partial charge in [0.2, 0.25) is 0 Å². The number of hydrogen-bond acceptors (Lipinski definition) is 3. The van der Waals surface area contributed by atoms with E-state index in [1.54, 1.807) is 12.1 Å². The van der Waals surface area contributed by atoms with Crippen LogP contribution in [0.2, 0.25) is 5.02 Å². The minimum Gasteiger partial charge on any atom is -0.355 e. The van der Waals surface area contributed by atoms with Crippen LogP contribution in [0.5, 0.6) is 0 Å². The second-order valence-corrected chi connectivity index (χ2v) is 6.27. The number of fused-ring (bicyclic) bond motifs is 1. The number of nitriles is 1. The Balaban J connectivity index is 1.80. The molecule has 1 aromatic heterocycles. The number of benzene rings is 3. The van der Waals surface area contributed by atoms with Crippen molar-refractivity contribution in [3.8, 4) is 17.4 Å². The number of nitrogens with zero attached hydrogens (tertiary/aromatic N) is 2. The largest absolute Gasteiger partial charge is 0.355 e. The maximum atomic E-state index is 9.53. The quantitative estimate of drug-likeness (QED) is 0.324. The van der Waals surface area contributed by atoms with Crippen LogP contribution < -0.4 is 0 Å².